The summed E-state index contributed by atoms with van der Waals surface area (Å²) < 4.78 is 0. The van der Waals surface area contributed by atoms with Crippen LogP contribution in [0.25, 0.3) is 0 Å². The molecule has 5 N–H and O–H groups in total. The van der Waals surface area contributed by atoms with Crippen LogP contribution in [0.4, 0.5) is 0 Å². The third-order valence-electron chi connectivity index (χ3n) is 2.74. The average Bonchev–Trinajstić information content (AvgIpc) is 2.38. The fourth-order valence-corrected chi connectivity index (χ4v) is 1.62. The summed E-state index contributed by atoms with van der Waals surface area (Å²) in [6.07, 6.45) is 4.01. The van der Waals surface area contributed by atoms with Crippen molar-refractivity contribution in [2.45, 2.75) is 24.8 Å². The van der Waals surface area contributed by atoms with Crippen LogP contribution in [0.3, 0.4) is 0 Å². The molecule has 1 heterocycles. The summed E-state index contributed by atoms with van der Waals surface area (Å²) in [5.41, 5.74) is 9.38. The second-order valence-electron chi connectivity index (χ2n) is 4.09. The molecule has 6 heteroatoms. The third kappa shape index (κ3) is 3.12. The number of nitrogens with two attached hydrogens (primary N) is 2. The Bertz CT molecular complexity index is 422. The molecule has 0 saturated heterocycles. The zero-order valence-electron chi connectivity index (χ0n) is 10.0. The van der Waals surface area contributed by atoms with Gasteiger partial charge in [-0.05, 0) is 37.9 Å². The molecule has 1 atom stereocenters. The first-order valence-corrected chi connectivity index (χ1v) is 5.69. The molecule has 1 unspecified atom stereocenters. The van der Waals surface area contributed by atoms with Gasteiger partial charge in [-0.15, -0.1) is 0 Å². The Morgan fingerprint density at radius 1 is 1.39 bits per heavy atom. The highest BCUT2D eigenvalue weighted by Gasteiger charge is 2.41. The van der Waals surface area contributed by atoms with Gasteiger partial charge in [0.15, 0.2) is 11.3 Å². The van der Waals surface area contributed by atoms with E-state index in [2.05, 4.69) is 4.98 Å². The number of hydrogen-bond donors (Lipinski definition) is 3. The Morgan fingerprint density at radius 3 is 2.61 bits per heavy atom. The molecule has 0 amide bonds. The molecule has 0 saturated carbocycles. The third-order valence-corrected chi connectivity index (χ3v) is 2.74. The molecule has 0 aliphatic rings. The maximum Gasteiger partial charge on any atom is 0.331 e. The van der Waals surface area contributed by atoms with Crippen LogP contribution in [-0.2, 0) is 4.79 Å². The number of rotatable bonds is 7. The van der Waals surface area contributed by atoms with Gasteiger partial charge in [0.25, 0.3) is 0 Å². The zero-order valence-corrected chi connectivity index (χ0v) is 10.0. The second-order valence-corrected chi connectivity index (χ2v) is 4.09. The largest absolute Gasteiger partial charge is 0.480 e. The SMILES string of the molecule is NCCCCC(N)(C(=O)O)C(=O)c1cccnc1. The highest BCUT2D eigenvalue weighted by Crippen LogP contribution is 2.18. The lowest BCUT2D eigenvalue weighted by Crippen LogP contribution is -2.55. The predicted octanol–water partition coefficient (Wildman–Crippen LogP) is 0.175. The van der Waals surface area contributed by atoms with Crippen LogP contribution in [-0.4, -0.2) is 33.9 Å². The van der Waals surface area contributed by atoms with E-state index in [-0.39, 0.29) is 12.0 Å². The van der Waals surface area contributed by atoms with E-state index in [0.29, 0.717) is 19.4 Å². The molecule has 0 aliphatic heterocycles. The highest BCUT2D eigenvalue weighted by molar-refractivity contribution is 6.15. The normalized spacial score (nSPS) is 13.9. The smallest absolute Gasteiger partial charge is 0.331 e. The monoisotopic (exact) mass is 251 g/mol. The molecule has 6 nitrogen and oxygen atoms in total. The molecule has 0 spiro atoms. The first kappa shape index (κ1) is 14.3. The minimum Gasteiger partial charge on any atom is -0.480 e. The molecule has 0 aliphatic carbocycles. The number of carboxylic acid groups (broad SMARTS) is 1. The lowest BCUT2D eigenvalue weighted by atomic mass is 9.86. The molecule has 0 fully saturated rings. The molecular formula is C12H17N3O3. The number of Topliss-reactive ketones (excluding diaryl/α,β-unsaturated/α-hetero) is 1. The standard InChI is InChI=1S/C12H17N3O3/c13-6-2-1-5-12(14,11(17)18)10(16)9-4-3-7-15-8-9/h3-4,7-8H,1-2,5-6,13-14H2,(H,17,18). The van der Waals surface area contributed by atoms with Crippen molar-refractivity contribution in [2.24, 2.45) is 11.5 Å². The van der Waals surface area contributed by atoms with E-state index in [1.807, 2.05) is 0 Å². The Balaban J connectivity index is 2.91. The molecule has 1 aromatic heterocycles. The van der Waals surface area contributed by atoms with E-state index >= 15 is 0 Å². The Hall–Kier alpha value is -1.79. The summed E-state index contributed by atoms with van der Waals surface area (Å²) in [7, 11) is 0. The van der Waals surface area contributed by atoms with Gasteiger partial charge < -0.3 is 16.6 Å². The molecule has 1 rings (SSSR count). The van der Waals surface area contributed by atoms with Crippen molar-refractivity contribution >= 4 is 11.8 Å². The number of aromatic nitrogens is 1. The van der Waals surface area contributed by atoms with Crippen LogP contribution in [0.5, 0.6) is 0 Å². The number of pyridine rings is 1. The highest BCUT2D eigenvalue weighted by atomic mass is 16.4. The Morgan fingerprint density at radius 2 is 2.11 bits per heavy atom. The molecule has 0 radical (unpaired) electrons. The number of aliphatic carboxylic acids is 1. The molecular weight excluding hydrogens is 234 g/mol. The minimum atomic E-state index is -1.90. The minimum absolute atomic E-state index is 0.0628. The number of hydrogen-bond acceptors (Lipinski definition) is 5. The first-order chi connectivity index (χ1) is 8.52. The van der Waals surface area contributed by atoms with Crippen LogP contribution < -0.4 is 11.5 Å². The predicted molar refractivity (Wildman–Crippen MR) is 66.0 cm³/mol. The summed E-state index contributed by atoms with van der Waals surface area (Å²) in [4.78, 5) is 27.1. The van der Waals surface area contributed by atoms with Crippen LogP contribution in [0, 0.1) is 0 Å². The van der Waals surface area contributed by atoms with Gasteiger partial charge in [0.1, 0.15) is 0 Å². The summed E-state index contributed by atoms with van der Waals surface area (Å²) in [5, 5.41) is 9.17. The summed E-state index contributed by atoms with van der Waals surface area (Å²) in [5.74, 6) is -1.95. The van der Waals surface area contributed by atoms with Crippen molar-refractivity contribution in [3.8, 4) is 0 Å². The number of nitrogens with zero attached hydrogens (tertiary/aromatic N) is 1. The molecule has 0 aromatic carbocycles. The van der Waals surface area contributed by atoms with Gasteiger partial charge in [-0.2, -0.15) is 0 Å². The van der Waals surface area contributed by atoms with E-state index in [4.69, 9.17) is 16.6 Å². The maximum absolute atomic E-state index is 12.1. The fraction of sp³-hybridized carbons (Fsp3) is 0.417. The number of unbranched alkanes of at least 4 members (excludes halogenated alkanes) is 1. The summed E-state index contributed by atoms with van der Waals surface area (Å²) in [6, 6.07) is 3.07. The van der Waals surface area contributed by atoms with Gasteiger partial charge in [0, 0.05) is 18.0 Å². The number of carbonyl (C=O) groups is 2. The van der Waals surface area contributed by atoms with E-state index in [9.17, 15) is 9.59 Å². The van der Waals surface area contributed by atoms with Crippen LogP contribution >= 0.6 is 0 Å². The fourth-order valence-electron chi connectivity index (χ4n) is 1.62. The van der Waals surface area contributed by atoms with Gasteiger partial charge in [0.2, 0.25) is 0 Å². The van der Waals surface area contributed by atoms with Crippen molar-refractivity contribution in [2.75, 3.05) is 6.54 Å². The van der Waals surface area contributed by atoms with Crippen molar-refractivity contribution < 1.29 is 14.7 Å². The summed E-state index contributed by atoms with van der Waals surface area (Å²) in [6.45, 7) is 0.441. The van der Waals surface area contributed by atoms with Gasteiger partial charge in [0.05, 0.1) is 0 Å². The van der Waals surface area contributed by atoms with Crippen molar-refractivity contribution in [1.82, 2.24) is 4.98 Å². The molecule has 1 aromatic rings. The Labute approximate surface area is 105 Å². The van der Waals surface area contributed by atoms with Crippen molar-refractivity contribution in [1.29, 1.82) is 0 Å². The van der Waals surface area contributed by atoms with Gasteiger partial charge in [-0.25, -0.2) is 4.79 Å². The van der Waals surface area contributed by atoms with Gasteiger partial charge >= 0.3 is 5.97 Å². The van der Waals surface area contributed by atoms with Crippen molar-refractivity contribution in [3.63, 3.8) is 0 Å². The number of ketones is 1. The quantitative estimate of drug-likeness (QED) is 0.361. The second kappa shape index (κ2) is 6.23. The lowest BCUT2D eigenvalue weighted by molar-refractivity contribution is -0.141. The van der Waals surface area contributed by atoms with Gasteiger partial charge in [-0.1, -0.05) is 0 Å². The van der Waals surface area contributed by atoms with E-state index in [1.54, 1.807) is 6.07 Å². The van der Waals surface area contributed by atoms with Crippen LogP contribution in [0.15, 0.2) is 24.5 Å². The molecule has 98 valence electrons. The van der Waals surface area contributed by atoms with E-state index in [0.717, 1.165) is 0 Å². The van der Waals surface area contributed by atoms with Crippen LogP contribution in [0.2, 0.25) is 0 Å². The number of carboxylic acids is 1. The number of carbonyl (C=O) groups excluding carboxylic acids is 1. The van der Waals surface area contributed by atoms with E-state index in [1.165, 1.54) is 18.5 Å². The Kier molecular flexibility index (Phi) is 4.94. The summed E-state index contributed by atoms with van der Waals surface area (Å²) >= 11 is 0. The lowest BCUT2D eigenvalue weighted by Gasteiger charge is -2.22. The van der Waals surface area contributed by atoms with Crippen molar-refractivity contribution in [3.05, 3.63) is 30.1 Å². The van der Waals surface area contributed by atoms with E-state index < -0.39 is 17.3 Å². The zero-order chi connectivity index (χ0) is 13.6. The van der Waals surface area contributed by atoms with Gasteiger partial charge in [-0.3, -0.25) is 9.78 Å². The molecule has 0 bridgehead atoms. The topological polar surface area (TPSA) is 119 Å². The van der Waals surface area contributed by atoms with Crippen LogP contribution in [0.1, 0.15) is 29.6 Å². The molecule has 18 heavy (non-hydrogen) atoms. The maximum atomic E-state index is 12.1. The first-order valence-electron chi connectivity index (χ1n) is 5.69. The average molecular weight is 251 g/mol.